The number of carbonyl (C=O) groups excluding carboxylic acids is 1. The minimum absolute atomic E-state index is 0.307. The molecule has 0 bridgehead atoms. The molecule has 2 aromatic rings. The van der Waals surface area contributed by atoms with E-state index in [0.717, 1.165) is 23.2 Å². The van der Waals surface area contributed by atoms with Crippen LogP contribution in [0, 0.1) is 13.8 Å². The third kappa shape index (κ3) is 5.46. The van der Waals surface area contributed by atoms with Crippen LogP contribution in [0.15, 0.2) is 42.5 Å². The van der Waals surface area contributed by atoms with Gasteiger partial charge in [0.05, 0.1) is 0 Å². The molecule has 0 saturated carbocycles. The molecular formula is C20H25N3O2S. The van der Waals surface area contributed by atoms with Crippen LogP contribution in [0.25, 0.3) is 0 Å². The predicted octanol–water partition coefficient (Wildman–Crippen LogP) is 3.65. The topological polar surface area (TPSA) is 62.4 Å². The summed E-state index contributed by atoms with van der Waals surface area (Å²) in [6.45, 7) is 7.77. The van der Waals surface area contributed by atoms with Crippen LogP contribution in [0.2, 0.25) is 0 Å². The van der Waals surface area contributed by atoms with Gasteiger partial charge in [0.15, 0.2) is 11.2 Å². The monoisotopic (exact) mass is 371 g/mol. The van der Waals surface area contributed by atoms with E-state index in [-0.39, 0.29) is 5.91 Å². The summed E-state index contributed by atoms with van der Waals surface area (Å²) >= 11 is 5.19. The summed E-state index contributed by atoms with van der Waals surface area (Å²) < 4.78 is 5.75. The average molecular weight is 372 g/mol. The van der Waals surface area contributed by atoms with Gasteiger partial charge >= 0.3 is 0 Å². The van der Waals surface area contributed by atoms with Gasteiger partial charge < -0.3 is 10.1 Å². The van der Waals surface area contributed by atoms with Crippen molar-refractivity contribution >= 4 is 28.9 Å². The molecule has 138 valence electrons. The fourth-order valence-corrected chi connectivity index (χ4v) is 2.47. The summed E-state index contributed by atoms with van der Waals surface area (Å²) in [5.74, 6) is 0.390. The standard InChI is InChI=1S/C20H25N3O2S/c1-5-16-9-11-17(12-10-16)21-20(26)23-22-19(24)15(4)25-18-8-6-7-13(2)14(18)3/h6-12,15H,5H2,1-4H3,(H,22,24)(H2,21,23,26)/t15-/m1/s1. The molecule has 0 aliphatic carbocycles. The Morgan fingerprint density at radius 2 is 1.81 bits per heavy atom. The lowest BCUT2D eigenvalue weighted by molar-refractivity contribution is -0.127. The van der Waals surface area contributed by atoms with Gasteiger partial charge in [-0.2, -0.15) is 0 Å². The van der Waals surface area contributed by atoms with Gasteiger partial charge in [-0.3, -0.25) is 15.6 Å². The number of anilines is 1. The van der Waals surface area contributed by atoms with E-state index in [9.17, 15) is 4.79 Å². The van der Waals surface area contributed by atoms with Gasteiger partial charge in [0.25, 0.3) is 5.91 Å². The van der Waals surface area contributed by atoms with Crippen LogP contribution in [-0.4, -0.2) is 17.1 Å². The van der Waals surface area contributed by atoms with Gasteiger partial charge in [-0.15, -0.1) is 0 Å². The third-order valence-electron chi connectivity index (χ3n) is 4.15. The van der Waals surface area contributed by atoms with Crippen LogP contribution in [0.1, 0.15) is 30.5 Å². The first kappa shape index (κ1) is 19.7. The first-order chi connectivity index (χ1) is 12.4. The number of benzene rings is 2. The number of rotatable bonds is 5. The van der Waals surface area contributed by atoms with Crippen LogP contribution >= 0.6 is 12.2 Å². The van der Waals surface area contributed by atoms with E-state index in [1.807, 2.05) is 56.3 Å². The molecule has 0 aliphatic rings. The Bertz CT molecular complexity index is 775. The lowest BCUT2D eigenvalue weighted by Gasteiger charge is -2.18. The van der Waals surface area contributed by atoms with E-state index in [0.29, 0.717) is 10.9 Å². The fraction of sp³-hybridized carbons (Fsp3) is 0.300. The van der Waals surface area contributed by atoms with E-state index >= 15 is 0 Å². The zero-order chi connectivity index (χ0) is 19.1. The highest BCUT2D eigenvalue weighted by atomic mass is 32.1. The summed E-state index contributed by atoms with van der Waals surface area (Å²) in [5.41, 5.74) is 9.50. The molecule has 2 rings (SSSR count). The maximum absolute atomic E-state index is 12.2. The van der Waals surface area contributed by atoms with Crippen molar-refractivity contribution in [1.29, 1.82) is 0 Å². The number of aryl methyl sites for hydroxylation is 2. The Kier molecular flexibility index (Phi) is 6.97. The van der Waals surface area contributed by atoms with Gasteiger partial charge in [0.1, 0.15) is 5.75 Å². The van der Waals surface area contributed by atoms with E-state index in [1.54, 1.807) is 6.92 Å². The lowest BCUT2D eigenvalue weighted by atomic mass is 10.1. The Balaban J connectivity index is 1.82. The van der Waals surface area contributed by atoms with E-state index in [1.165, 1.54) is 5.56 Å². The highest BCUT2D eigenvalue weighted by Gasteiger charge is 2.16. The molecule has 1 atom stereocenters. The molecule has 0 aliphatic heterocycles. The summed E-state index contributed by atoms with van der Waals surface area (Å²) in [6, 6.07) is 13.7. The Morgan fingerprint density at radius 1 is 1.12 bits per heavy atom. The molecule has 1 amide bonds. The van der Waals surface area contributed by atoms with Gasteiger partial charge in [-0.25, -0.2) is 0 Å². The zero-order valence-corrected chi connectivity index (χ0v) is 16.4. The smallest absolute Gasteiger partial charge is 0.279 e. The molecule has 2 aromatic carbocycles. The molecule has 0 fully saturated rings. The van der Waals surface area contributed by atoms with Crippen LogP contribution in [0.3, 0.4) is 0 Å². The van der Waals surface area contributed by atoms with Gasteiger partial charge in [0, 0.05) is 5.69 Å². The van der Waals surface area contributed by atoms with Gasteiger partial charge in [0.2, 0.25) is 0 Å². The van der Waals surface area contributed by atoms with Gasteiger partial charge in [-0.05, 0) is 74.3 Å². The number of amides is 1. The second-order valence-corrected chi connectivity index (χ2v) is 6.49. The Morgan fingerprint density at radius 3 is 2.46 bits per heavy atom. The molecule has 0 unspecified atom stereocenters. The Hall–Kier alpha value is -2.60. The molecule has 3 N–H and O–H groups in total. The first-order valence-electron chi connectivity index (χ1n) is 8.59. The predicted molar refractivity (Wildman–Crippen MR) is 109 cm³/mol. The van der Waals surface area contributed by atoms with Gasteiger partial charge in [-0.1, -0.05) is 31.2 Å². The van der Waals surface area contributed by atoms with Crippen molar-refractivity contribution in [2.75, 3.05) is 5.32 Å². The highest BCUT2D eigenvalue weighted by molar-refractivity contribution is 7.80. The normalized spacial score (nSPS) is 11.4. The van der Waals surface area contributed by atoms with Crippen molar-refractivity contribution in [2.45, 2.75) is 40.2 Å². The number of hydrogen-bond acceptors (Lipinski definition) is 3. The largest absolute Gasteiger partial charge is 0.481 e. The van der Waals surface area contributed by atoms with E-state index in [2.05, 4.69) is 23.1 Å². The number of nitrogens with one attached hydrogen (secondary N) is 3. The zero-order valence-electron chi connectivity index (χ0n) is 15.6. The molecular weight excluding hydrogens is 346 g/mol. The molecule has 26 heavy (non-hydrogen) atoms. The highest BCUT2D eigenvalue weighted by Crippen LogP contribution is 2.21. The van der Waals surface area contributed by atoms with Crippen LogP contribution in [0.4, 0.5) is 5.69 Å². The molecule has 0 radical (unpaired) electrons. The van der Waals surface area contributed by atoms with Crippen LogP contribution in [0.5, 0.6) is 5.75 Å². The summed E-state index contributed by atoms with van der Waals surface area (Å²) in [7, 11) is 0. The van der Waals surface area contributed by atoms with Crippen molar-refractivity contribution in [3.63, 3.8) is 0 Å². The van der Waals surface area contributed by atoms with E-state index in [4.69, 9.17) is 17.0 Å². The van der Waals surface area contributed by atoms with Crippen LogP contribution < -0.4 is 20.9 Å². The molecule has 5 nitrogen and oxygen atoms in total. The lowest BCUT2D eigenvalue weighted by Crippen LogP contribution is -2.48. The minimum Gasteiger partial charge on any atom is -0.481 e. The maximum atomic E-state index is 12.2. The molecule has 0 spiro atoms. The van der Waals surface area contributed by atoms with E-state index < -0.39 is 6.10 Å². The third-order valence-corrected chi connectivity index (χ3v) is 4.35. The van der Waals surface area contributed by atoms with Crippen molar-refractivity contribution in [1.82, 2.24) is 10.9 Å². The number of ether oxygens (including phenoxy) is 1. The quantitative estimate of drug-likeness (QED) is 0.553. The summed E-state index contributed by atoms with van der Waals surface area (Å²) in [6.07, 6.45) is 0.326. The minimum atomic E-state index is -0.658. The fourth-order valence-electron chi connectivity index (χ4n) is 2.30. The second-order valence-electron chi connectivity index (χ2n) is 6.08. The maximum Gasteiger partial charge on any atom is 0.279 e. The average Bonchev–Trinajstić information content (AvgIpc) is 2.64. The first-order valence-corrected chi connectivity index (χ1v) is 9.00. The number of carbonyl (C=O) groups is 1. The van der Waals surface area contributed by atoms with Crippen molar-refractivity contribution < 1.29 is 9.53 Å². The van der Waals surface area contributed by atoms with Crippen molar-refractivity contribution in [3.05, 3.63) is 59.2 Å². The summed E-state index contributed by atoms with van der Waals surface area (Å²) in [5, 5.41) is 3.33. The number of hydrogen-bond donors (Lipinski definition) is 3. The number of hydrazine groups is 1. The molecule has 0 aromatic heterocycles. The molecule has 6 heteroatoms. The SMILES string of the molecule is CCc1ccc(NC(=S)NNC(=O)[C@@H](C)Oc2cccc(C)c2C)cc1. The Labute approximate surface area is 160 Å². The second kappa shape index (κ2) is 9.20. The van der Waals surface area contributed by atoms with Crippen molar-refractivity contribution in [3.8, 4) is 5.75 Å². The molecule has 0 saturated heterocycles. The summed E-state index contributed by atoms with van der Waals surface area (Å²) in [4.78, 5) is 12.2. The molecule has 0 heterocycles. The number of thiocarbonyl (C=S) groups is 1. The van der Waals surface area contributed by atoms with Crippen LogP contribution in [-0.2, 0) is 11.2 Å². The van der Waals surface area contributed by atoms with Crippen molar-refractivity contribution in [2.24, 2.45) is 0 Å².